The summed E-state index contributed by atoms with van der Waals surface area (Å²) in [5.41, 5.74) is 0.927. The molecule has 9 nitrogen and oxygen atoms in total. The number of nitrogens with one attached hydrogen (secondary N) is 1. The second-order valence-electron chi connectivity index (χ2n) is 7.68. The molecule has 1 fully saturated rings. The molecule has 0 atom stereocenters. The second-order valence-corrected chi connectivity index (χ2v) is 8.53. The van der Waals surface area contributed by atoms with E-state index in [1.807, 2.05) is 6.92 Å². The van der Waals surface area contributed by atoms with Crippen LogP contribution in [0.4, 0.5) is 4.79 Å². The third-order valence-electron chi connectivity index (χ3n) is 5.12. The van der Waals surface area contributed by atoms with Crippen molar-refractivity contribution in [1.82, 2.24) is 10.2 Å². The lowest BCUT2D eigenvalue weighted by molar-refractivity contribution is -0.130. The van der Waals surface area contributed by atoms with Crippen LogP contribution in [0.1, 0.15) is 24.5 Å². The predicted molar refractivity (Wildman–Crippen MR) is 137 cm³/mol. The number of hydrogen-bond acceptors (Lipinski definition) is 7. The van der Waals surface area contributed by atoms with Gasteiger partial charge in [0.05, 0.1) is 31.8 Å². The number of amides is 4. The van der Waals surface area contributed by atoms with Crippen molar-refractivity contribution in [2.45, 2.75) is 19.9 Å². The number of hydrogen-bond donors (Lipinski definition) is 1. The number of nitrogens with zero attached hydrogens (tertiary/aromatic N) is 1. The van der Waals surface area contributed by atoms with Gasteiger partial charge in [0, 0.05) is 0 Å². The highest BCUT2D eigenvalue weighted by atomic mass is 79.9. The van der Waals surface area contributed by atoms with Crippen LogP contribution in [-0.4, -0.2) is 50.2 Å². The fraction of sp³-hybridized carbons (Fsp3) is 0.269. The number of ether oxygens (including phenoxy) is 4. The summed E-state index contributed by atoms with van der Waals surface area (Å²) in [6.45, 7) is 6.35. The third-order valence-corrected chi connectivity index (χ3v) is 5.71. The van der Waals surface area contributed by atoms with Crippen LogP contribution in [0.15, 0.2) is 53.0 Å². The van der Waals surface area contributed by atoms with Crippen molar-refractivity contribution < 1.29 is 33.3 Å². The first-order valence-corrected chi connectivity index (χ1v) is 11.9. The van der Waals surface area contributed by atoms with Gasteiger partial charge in [-0.15, -0.1) is 0 Å². The molecule has 190 valence electrons. The summed E-state index contributed by atoms with van der Waals surface area (Å²) in [7, 11) is 2.99. The van der Waals surface area contributed by atoms with E-state index >= 15 is 0 Å². The highest BCUT2D eigenvalue weighted by molar-refractivity contribution is 9.10. The average Bonchev–Trinajstić information content (AvgIpc) is 2.87. The van der Waals surface area contributed by atoms with Crippen LogP contribution in [-0.2, 0) is 16.1 Å². The average molecular weight is 559 g/mol. The normalized spacial score (nSPS) is 14.5. The second kappa shape index (κ2) is 12.3. The molecule has 0 spiro atoms. The monoisotopic (exact) mass is 558 g/mol. The van der Waals surface area contributed by atoms with Crippen molar-refractivity contribution in [3.63, 3.8) is 0 Å². The Morgan fingerprint density at radius 3 is 2.44 bits per heavy atom. The van der Waals surface area contributed by atoms with Gasteiger partial charge in [0.15, 0.2) is 23.0 Å². The van der Waals surface area contributed by atoms with Crippen molar-refractivity contribution >= 4 is 39.9 Å². The molecule has 1 aliphatic heterocycles. The minimum atomic E-state index is -0.806. The largest absolute Gasteiger partial charge is 0.493 e. The number of benzene rings is 2. The number of urea groups is 1. The minimum absolute atomic E-state index is 0.0684. The van der Waals surface area contributed by atoms with Crippen LogP contribution in [0.3, 0.4) is 0 Å². The van der Waals surface area contributed by atoms with Gasteiger partial charge >= 0.3 is 6.03 Å². The van der Waals surface area contributed by atoms with Crippen molar-refractivity contribution in [2.24, 2.45) is 0 Å². The van der Waals surface area contributed by atoms with Crippen LogP contribution in [0.25, 0.3) is 6.08 Å². The van der Waals surface area contributed by atoms with E-state index in [4.69, 9.17) is 18.9 Å². The Morgan fingerprint density at radius 2 is 1.78 bits per heavy atom. The first-order chi connectivity index (χ1) is 17.3. The van der Waals surface area contributed by atoms with Crippen molar-refractivity contribution in [3.8, 4) is 23.0 Å². The van der Waals surface area contributed by atoms with E-state index in [1.54, 1.807) is 36.4 Å². The Morgan fingerprint density at radius 1 is 1.03 bits per heavy atom. The van der Waals surface area contributed by atoms with Crippen LogP contribution in [0.2, 0.25) is 0 Å². The number of barbiturate groups is 1. The van der Waals surface area contributed by atoms with Crippen LogP contribution in [0.5, 0.6) is 23.0 Å². The lowest BCUT2D eigenvalue weighted by Crippen LogP contribution is -2.53. The number of rotatable bonds is 11. The molecule has 0 unspecified atom stereocenters. The van der Waals surface area contributed by atoms with Crippen molar-refractivity contribution in [3.05, 3.63) is 64.2 Å². The van der Waals surface area contributed by atoms with Gasteiger partial charge in [-0.2, -0.15) is 0 Å². The maximum Gasteiger partial charge on any atom is 0.331 e. The predicted octanol–water partition coefficient (Wildman–Crippen LogP) is 4.48. The van der Waals surface area contributed by atoms with Gasteiger partial charge in [-0.3, -0.25) is 19.8 Å². The molecular weight excluding hydrogens is 532 g/mol. The van der Waals surface area contributed by atoms with E-state index in [0.29, 0.717) is 45.2 Å². The molecule has 0 bridgehead atoms. The maximum absolute atomic E-state index is 13.2. The number of carbonyl (C=O) groups is 3. The molecule has 10 heteroatoms. The molecule has 1 aliphatic rings. The number of carbonyl (C=O) groups excluding carboxylic acids is 3. The molecule has 2 aromatic rings. The number of methoxy groups -OCH3 is 2. The SMILES string of the molecule is C=CCOc1c(Br)cc(/C=C2\C(=O)NC(=O)N(Cc3ccc(OCCC)c(OC)c3)C2=O)cc1OC. The summed E-state index contributed by atoms with van der Waals surface area (Å²) in [5.74, 6) is 0.380. The maximum atomic E-state index is 13.2. The zero-order valence-corrected chi connectivity index (χ0v) is 21.8. The number of imide groups is 2. The molecule has 3 rings (SSSR count). The molecule has 0 saturated carbocycles. The molecule has 2 aromatic carbocycles. The fourth-order valence-corrected chi connectivity index (χ4v) is 4.01. The smallest absolute Gasteiger partial charge is 0.331 e. The Balaban J connectivity index is 1.89. The van der Waals surface area contributed by atoms with E-state index in [1.165, 1.54) is 20.3 Å². The minimum Gasteiger partial charge on any atom is -0.493 e. The van der Waals surface area contributed by atoms with Gasteiger partial charge in [-0.1, -0.05) is 25.6 Å². The quantitative estimate of drug-likeness (QED) is 0.246. The summed E-state index contributed by atoms with van der Waals surface area (Å²) in [4.78, 5) is 39.2. The van der Waals surface area contributed by atoms with Gasteiger partial charge < -0.3 is 18.9 Å². The van der Waals surface area contributed by atoms with Gasteiger partial charge in [-0.05, 0) is 63.8 Å². The van der Waals surface area contributed by atoms with Gasteiger partial charge in [0.1, 0.15) is 12.2 Å². The summed E-state index contributed by atoms with van der Waals surface area (Å²) < 4.78 is 22.6. The Bertz CT molecular complexity index is 1210. The van der Waals surface area contributed by atoms with Crippen LogP contribution in [0, 0.1) is 0 Å². The molecule has 4 amide bonds. The topological polar surface area (TPSA) is 103 Å². The number of halogens is 1. The first-order valence-electron chi connectivity index (χ1n) is 11.1. The van der Waals surface area contributed by atoms with Crippen molar-refractivity contribution in [1.29, 1.82) is 0 Å². The molecular formula is C26H27BrN2O7. The zero-order chi connectivity index (χ0) is 26.2. The molecule has 36 heavy (non-hydrogen) atoms. The fourth-order valence-electron chi connectivity index (χ4n) is 3.43. The lowest BCUT2D eigenvalue weighted by Gasteiger charge is -2.26. The lowest BCUT2D eigenvalue weighted by atomic mass is 10.1. The molecule has 1 heterocycles. The van der Waals surface area contributed by atoms with E-state index in [9.17, 15) is 14.4 Å². The van der Waals surface area contributed by atoms with E-state index < -0.39 is 17.8 Å². The Hall–Kier alpha value is -3.79. The highest BCUT2D eigenvalue weighted by Crippen LogP contribution is 2.37. The Kier molecular flexibility index (Phi) is 9.13. The van der Waals surface area contributed by atoms with E-state index in [0.717, 1.165) is 11.3 Å². The molecule has 0 aromatic heterocycles. The Labute approximate surface area is 217 Å². The molecule has 1 saturated heterocycles. The van der Waals surface area contributed by atoms with Crippen molar-refractivity contribution in [2.75, 3.05) is 27.4 Å². The van der Waals surface area contributed by atoms with E-state index in [-0.39, 0.29) is 18.7 Å². The van der Waals surface area contributed by atoms with Gasteiger partial charge in [0.2, 0.25) is 0 Å². The molecule has 0 radical (unpaired) electrons. The summed E-state index contributed by atoms with van der Waals surface area (Å²) in [6, 6.07) is 7.64. The van der Waals surface area contributed by atoms with Crippen LogP contribution >= 0.6 is 15.9 Å². The summed E-state index contributed by atoms with van der Waals surface area (Å²) in [5, 5.41) is 2.23. The first kappa shape index (κ1) is 26.8. The van der Waals surface area contributed by atoms with Gasteiger partial charge in [-0.25, -0.2) is 4.79 Å². The molecule has 0 aliphatic carbocycles. The van der Waals surface area contributed by atoms with Crippen LogP contribution < -0.4 is 24.3 Å². The molecule has 1 N–H and O–H groups in total. The highest BCUT2D eigenvalue weighted by Gasteiger charge is 2.36. The van der Waals surface area contributed by atoms with E-state index in [2.05, 4.69) is 27.8 Å². The zero-order valence-electron chi connectivity index (χ0n) is 20.3. The third kappa shape index (κ3) is 6.06. The summed E-state index contributed by atoms with van der Waals surface area (Å²) in [6.07, 6.45) is 3.83. The van der Waals surface area contributed by atoms with Gasteiger partial charge in [0.25, 0.3) is 11.8 Å². The summed E-state index contributed by atoms with van der Waals surface area (Å²) >= 11 is 3.42. The standard InChI is InChI=1S/C26H27BrN2O7/c1-5-9-35-20-8-7-16(13-21(20)33-3)15-29-25(31)18(24(30)28-26(29)32)11-17-12-19(27)23(36-10-6-2)22(14-17)34-4/h6-8,11-14H,2,5,9-10,15H2,1,3-4H3,(H,28,30,32)/b18-11+.